The van der Waals surface area contributed by atoms with Crippen LogP contribution in [0.2, 0.25) is 0 Å². The summed E-state index contributed by atoms with van der Waals surface area (Å²) in [5.41, 5.74) is 0. The first-order chi connectivity index (χ1) is 25.3. The first-order valence-electron chi connectivity index (χ1n) is 17.3. The topological polar surface area (TPSA) is 366 Å². The van der Waals surface area contributed by atoms with Gasteiger partial charge in [-0.2, -0.15) is 0 Å². The van der Waals surface area contributed by atoms with E-state index in [1.165, 1.54) is 0 Å². The lowest BCUT2D eigenvalue weighted by Gasteiger charge is -2.49. The van der Waals surface area contributed by atoms with Gasteiger partial charge in [0.2, 0.25) is 0 Å². The van der Waals surface area contributed by atoms with E-state index in [0.717, 1.165) is 0 Å². The molecule has 0 bridgehead atoms. The zero-order valence-electron chi connectivity index (χ0n) is 28.3. The fraction of sp³-hybridized carbons (Fsp3) is 1.00. The van der Waals surface area contributed by atoms with E-state index in [1.807, 2.05) is 0 Å². The van der Waals surface area contributed by atoms with Crippen molar-refractivity contribution in [2.75, 3.05) is 39.6 Å². The van der Waals surface area contributed by atoms with Gasteiger partial charge in [0, 0.05) is 12.8 Å². The highest BCUT2D eigenvalue weighted by atomic mass is 16.8. The van der Waals surface area contributed by atoms with Crippen molar-refractivity contribution in [3.05, 3.63) is 0 Å². The van der Waals surface area contributed by atoms with Crippen LogP contribution in [0, 0.1) is 0 Å². The van der Waals surface area contributed by atoms with E-state index in [4.69, 9.17) is 42.6 Å². The van der Waals surface area contributed by atoms with Crippen LogP contribution >= 0.6 is 0 Å². The summed E-state index contributed by atoms with van der Waals surface area (Å²) in [4.78, 5) is 0. The fourth-order valence-corrected chi connectivity index (χ4v) is 6.97. The molecule has 5 saturated heterocycles. The van der Waals surface area contributed by atoms with Gasteiger partial charge in [0.1, 0.15) is 97.7 Å². The predicted octanol–water partition coefficient (Wildman–Crippen LogP) is -9.18. The summed E-state index contributed by atoms with van der Waals surface area (Å²) in [7, 11) is 0. The molecule has 14 N–H and O–H groups in total. The van der Waals surface area contributed by atoms with Crippen molar-refractivity contribution < 1.29 is 114 Å². The number of aliphatic hydroxyl groups is 14. The van der Waals surface area contributed by atoms with Crippen LogP contribution in [0.15, 0.2) is 0 Å². The van der Waals surface area contributed by atoms with Gasteiger partial charge >= 0.3 is 0 Å². The van der Waals surface area contributed by atoms with Crippen LogP contribution in [0.25, 0.3) is 0 Å². The minimum atomic E-state index is -2.04. The van der Waals surface area contributed by atoms with E-state index in [1.54, 1.807) is 0 Å². The Morgan fingerprint density at radius 2 is 0.811 bits per heavy atom. The Bertz CT molecular complexity index is 1100. The van der Waals surface area contributed by atoms with Gasteiger partial charge in [-0.15, -0.1) is 0 Å². The molecule has 310 valence electrons. The molecule has 0 aliphatic carbocycles. The average Bonchev–Trinajstić information content (AvgIpc) is 3.15. The minimum absolute atomic E-state index is 0.0503. The quantitative estimate of drug-likeness (QED) is 0.0825. The van der Waals surface area contributed by atoms with Gasteiger partial charge in [-0.25, -0.2) is 0 Å². The maximum atomic E-state index is 11.1. The zero-order valence-corrected chi connectivity index (χ0v) is 28.3. The summed E-state index contributed by atoms with van der Waals surface area (Å²) in [6, 6.07) is 0. The molecule has 0 aromatic carbocycles. The molecule has 0 radical (unpaired) electrons. The molecule has 0 aromatic rings. The summed E-state index contributed by atoms with van der Waals surface area (Å²) in [5, 5.41) is 145. The van der Waals surface area contributed by atoms with Crippen molar-refractivity contribution in [1.29, 1.82) is 0 Å². The zero-order chi connectivity index (χ0) is 38.7. The molecule has 23 nitrogen and oxygen atoms in total. The second kappa shape index (κ2) is 19.0. The number of hydrogen-bond donors (Lipinski definition) is 14. The SMILES string of the molecule is OC[C@@H]1C[C@H](O)C[C@@H](O[C@H]2[C@H](O)[C@@H](O)[C@@H](O[C@H]3[C@H](O)[C@@H](O)[C@@H](O[C@H]4[C@H](O)[C@@H](O)[C@@H](O[C@H]5[C@H](O)[C@@H](O)CO[C@@H]5CO)O[C@@H]4CO)O[C@@H]3CO)O[C@@H]2CO)O1. The standard InChI is InChI=1S/C30H52O23/c31-3-10-1-9(36)2-16(46-10)50-25-13(5-33)47-29(21(42)18(25)39)52-27-15(7-35)49-30(23(44)20(27)41)53-26-14(6-34)48-28(22(43)19(26)40)51-24-12(4-32)45-8-11(37)17(24)38/h9-44H,1-8H2/t9-,10-,11-,12+,13+,14+,15+,16+,17+,18+,19+,20+,21+,22+,23+,24+,25+,26+,27+,28+,29+,30+/m0/s1. The Morgan fingerprint density at radius 3 is 1.21 bits per heavy atom. The second-order valence-electron chi connectivity index (χ2n) is 13.6. The van der Waals surface area contributed by atoms with Crippen LogP contribution in [0.3, 0.4) is 0 Å². The highest BCUT2D eigenvalue weighted by molar-refractivity contribution is 4.98. The van der Waals surface area contributed by atoms with Crippen LogP contribution in [-0.4, -0.2) is 246 Å². The van der Waals surface area contributed by atoms with Crippen LogP contribution in [0.4, 0.5) is 0 Å². The van der Waals surface area contributed by atoms with Gasteiger partial charge in [0.05, 0.1) is 51.8 Å². The van der Waals surface area contributed by atoms with Crippen LogP contribution in [0.1, 0.15) is 12.8 Å². The fourth-order valence-electron chi connectivity index (χ4n) is 6.97. The molecular weight excluding hydrogens is 728 g/mol. The van der Waals surface area contributed by atoms with Crippen LogP contribution < -0.4 is 0 Å². The van der Waals surface area contributed by atoms with Gasteiger partial charge in [0.25, 0.3) is 0 Å². The molecule has 0 saturated carbocycles. The molecule has 22 atom stereocenters. The van der Waals surface area contributed by atoms with Crippen molar-refractivity contribution >= 4 is 0 Å². The number of hydrogen-bond acceptors (Lipinski definition) is 23. The van der Waals surface area contributed by atoms with Crippen molar-refractivity contribution in [2.24, 2.45) is 0 Å². The van der Waals surface area contributed by atoms with E-state index in [-0.39, 0.29) is 19.4 Å². The highest BCUT2D eigenvalue weighted by Crippen LogP contribution is 2.35. The van der Waals surface area contributed by atoms with Gasteiger partial charge < -0.3 is 114 Å². The summed E-state index contributed by atoms with van der Waals surface area (Å²) in [6.07, 6.45) is -34.7. The predicted molar refractivity (Wildman–Crippen MR) is 163 cm³/mol. The second-order valence-corrected chi connectivity index (χ2v) is 13.6. The number of rotatable bonds is 13. The summed E-state index contributed by atoms with van der Waals surface area (Å²) in [5.74, 6) is 0. The monoisotopic (exact) mass is 780 g/mol. The van der Waals surface area contributed by atoms with E-state index in [0.29, 0.717) is 0 Å². The highest BCUT2D eigenvalue weighted by Gasteiger charge is 2.55. The van der Waals surface area contributed by atoms with Crippen molar-refractivity contribution in [3.63, 3.8) is 0 Å². The van der Waals surface area contributed by atoms with Crippen molar-refractivity contribution in [1.82, 2.24) is 0 Å². The molecule has 5 aliphatic rings. The molecule has 5 fully saturated rings. The number of ether oxygens (including phenoxy) is 9. The van der Waals surface area contributed by atoms with E-state index >= 15 is 0 Å². The van der Waals surface area contributed by atoms with Crippen molar-refractivity contribution in [3.8, 4) is 0 Å². The van der Waals surface area contributed by atoms with E-state index in [2.05, 4.69) is 0 Å². The first kappa shape index (κ1) is 43.2. The van der Waals surface area contributed by atoms with Crippen LogP contribution in [-0.2, 0) is 42.6 Å². The van der Waals surface area contributed by atoms with Gasteiger partial charge in [-0.1, -0.05) is 0 Å². The lowest BCUT2D eigenvalue weighted by atomic mass is 9.95. The molecule has 0 aromatic heterocycles. The van der Waals surface area contributed by atoms with Gasteiger partial charge in [-0.3, -0.25) is 0 Å². The summed E-state index contributed by atoms with van der Waals surface area (Å²) < 4.78 is 50.1. The molecule has 5 heterocycles. The lowest BCUT2D eigenvalue weighted by Crippen LogP contribution is -2.67. The van der Waals surface area contributed by atoms with Crippen molar-refractivity contribution in [2.45, 2.75) is 148 Å². The summed E-state index contributed by atoms with van der Waals surface area (Å²) in [6.45, 7) is -3.96. The Morgan fingerprint density at radius 1 is 0.415 bits per heavy atom. The lowest BCUT2D eigenvalue weighted by molar-refractivity contribution is -0.388. The maximum Gasteiger partial charge on any atom is 0.187 e. The van der Waals surface area contributed by atoms with E-state index in [9.17, 15) is 71.5 Å². The third-order valence-corrected chi connectivity index (χ3v) is 9.95. The first-order valence-corrected chi connectivity index (χ1v) is 17.3. The smallest absolute Gasteiger partial charge is 0.187 e. The van der Waals surface area contributed by atoms with E-state index < -0.39 is 168 Å². The van der Waals surface area contributed by atoms with Gasteiger partial charge in [-0.05, 0) is 0 Å². The molecule has 23 heteroatoms. The third-order valence-electron chi connectivity index (χ3n) is 9.95. The molecule has 0 spiro atoms. The summed E-state index contributed by atoms with van der Waals surface area (Å²) >= 11 is 0. The third kappa shape index (κ3) is 9.45. The number of aliphatic hydroxyl groups excluding tert-OH is 14. The Hall–Kier alpha value is -0.920. The molecular formula is C30H52O23. The minimum Gasteiger partial charge on any atom is -0.394 e. The normalized spacial score (nSPS) is 51.3. The Labute approximate surface area is 301 Å². The van der Waals surface area contributed by atoms with Gasteiger partial charge in [0.15, 0.2) is 25.2 Å². The maximum absolute atomic E-state index is 11.1. The van der Waals surface area contributed by atoms with Crippen LogP contribution in [0.5, 0.6) is 0 Å². The molecule has 5 rings (SSSR count). The molecule has 0 amide bonds. The molecule has 5 aliphatic heterocycles. The Balaban J connectivity index is 1.21. The molecule has 0 unspecified atom stereocenters. The molecule has 53 heavy (non-hydrogen) atoms. The largest absolute Gasteiger partial charge is 0.394 e. The Kier molecular flexibility index (Phi) is 15.5. The average molecular weight is 781 g/mol.